The molecule has 18 heavy (non-hydrogen) atoms. The van der Waals surface area contributed by atoms with Crippen molar-refractivity contribution < 1.29 is 4.79 Å². The monoisotopic (exact) mass is 321 g/mol. The van der Waals surface area contributed by atoms with Gasteiger partial charge in [-0.1, -0.05) is 40.7 Å². The van der Waals surface area contributed by atoms with Gasteiger partial charge in [0, 0.05) is 26.9 Å². The number of nitrogens with zero attached hydrogens (tertiary/aromatic N) is 1. The van der Waals surface area contributed by atoms with E-state index in [0.29, 0.717) is 12.1 Å². The fraction of sp³-hybridized carbons (Fsp3) is 0.143. The summed E-state index contributed by atoms with van der Waals surface area (Å²) in [6.45, 7) is 1.84. The van der Waals surface area contributed by atoms with Crippen molar-refractivity contribution >= 4 is 33.5 Å². The van der Waals surface area contributed by atoms with Crippen LogP contribution in [0.15, 0.2) is 56.9 Å². The minimum Gasteiger partial charge on any atom is -0.292 e. The Balaban J connectivity index is 2.13. The second-order valence-electron chi connectivity index (χ2n) is 3.72. The molecule has 92 valence electrons. The summed E-state index contributed by atoms with van der Waals surface area (Å²) >= 11 is 5.07. The number of benzene rings is 1. The number of pyridine rings is 1. The third-order valence-corrected chi connectivity index (χ3v) is 3.84. The summed E-state index contributed by atoms with van der Waals surface area (Å²) in [7, 11) is 0. The molecule has 2 rings (SSSR count). The lowest BCUT2D eigenvalue weighted by atomic mass is 10.2. The summed E-state index contributed by atoms with van der Waals surface area (Å²) < 4.78 is 1.05. The lowest BCUT2D eigenvalue weighted by Gasteiger charge is -2.03. The van der Waals surface area contributed by atoms with Gasteiger partial charge in [-0.05, 0) is 30.3 Å². The molecule has 0 aliphatic rings. The first-order valence-corrected chi connectivity index (χ1v) is 7.22. The van der Waals surface area contributed by atoms with Crippen molar-refractivity contribution in [1.29, 1.82) is 0 Å². The molecule has 0 spiro atoms. The van der Waals surface area contributed by atoms with E-state index in [9.17, 15) is 4.79 Å². The fourth-order valence-corrected chi connectivity index (χ4v) is 2.85. The maximum absolute atomic E-state index is 11.5. The smallest absolute Gasteiger partial charge is 0.180 e. The Morgan fingerprint density at radius 1 is 1.28 bits per heavy atom. The van der Waals surface area contributed by atoms with Crippen molar-refractivity contribution in [2.75, 3.05) is 0 Å². The third kappa shape index (κ3) is 3.43. The summed E-state index contributed by atoms with van der Waals surface area (Å²) in [4.78, 5) is 17.8. The van der Waals surface area contributed by atoms with Gasteiger partial charge in [-0.25, -0.2) is 0 Å². The van der Waals surface area contributed by atoms with Crippen molar-refractivity contribution in [3.8, 4) is 0 Å². The van der Waals surface area contributed by atoms with Crippen LogP contribution in [0.3, 0.4) is 0 Å². The Morgan fingerprint density at radius 3 is 2.72 bits per heavy atom. The molecule has 0 aliphatic carbocycles. The van der Waals surface area contributed by atoms with Gasteiger partial charge in [0.2, 0.25) is 0 Å². The Morgan fingerprint density at radius 2 is 2.11 bits per heavy atom. The molecule has 1 aromatic carbocycles. The number of carbonyl (C=O) groups excluding carboxylic acids is 1. The zero-order valence-electron chi connectivity index (χ0n) is 9.89. The largest absolute Gasteiger partial charge is 0.292 e. The van der Waals surface area contributed by atoms with E-state index in [0.717, 1.165) is 14.3 Å². The minimum atomic E-state index is 0.0778. The van der Waals surface area contributed by atoms with Crippen molar-refractivity contribution in [2.45, 2.75) is 23.1 Å². The third-order valence-electron chi connectivity index (χ3n) is 2.37. The van der Waals surface area contributed by atoms with Gasteiger partial charge in [0.15, 0.2) is 5.78 Å². The zero-order chi connectivity index (χ0) is 13.0. The van der Waals surface area contributed by atoms with E-state index in [1.807, 2.05) is 31.2 Å². The molecule has 1 aromatic heterocycles. The minimum absolute atomic E-state index is 0.0778. The van der Waals surface area contributed by atoms with E-state index < -0.39 is 0 Å². The van der Waals surface area contributed by atoms with Crippen LogP contribution in [-0.2, 0) is 0 Å². The Bertz CT molecular complexity index is 554. The number of halogens is 1. The number of ketones is 1. The lowest BCUT2D eigenvalue weighted by molar-refractivity contribution is 0.0983. The number of Topliss-reactive ketones (excluding diaryl/α,β-unsaturated/α-hetero) is 1. The highest BCUT2D eigenvalue weighted by Gasteiger charge is 2.05. The van der Waals surface area contributed by atoms with E-state index in [-0.39, 0.29) is 5.78 Å². The van der Waals surface area contributed by atoms with Gasteiger partial charge in [-0.15, -0.1) is 0 Å². The van der Waals surface area contributed by atoms with Crippen molar-refractivity contribution in [3.05, 3.63) is 52.8 Å². The average Bonchev–Trinajstić information content (AvgIpc) is 2.39. The number of carbonyl (C=O) groups is 1. The first-order chi connectivity index (χ1) is 8.69. The summed E-state index contributed by atoms with van der Waals surface area (Å²) in [6, 6.07) is 11.8. The maximum atomic E-state index is 11.5. The van der Waals surface area contributed by atoms with Gasteiger partial charge in [-0.2, -0.15) is 0 Å². The molecule has 4 heteroatoms. The van der Waals surface area contributed by atoms with E-state index in [1.54, 1.807) is 24.0 Å². The van der Waals surface area contributed by atoms with Crippen LogP contribution in [-0.4, -0.2) is 10.8 Å². The van der Waals surface area contributed by atoms with E-state index in [4.69, 9.17) is 0 Å². The van der Waals surface area contributed by atoms with Gasteiger partial charge >= 0.3 is 0 Å². The molecule has 0 aliphatic heterocycles. The summed E-state index contributed by atoms with van der Waals surface area (Å²) in [5, 5.41) is 0. The van der Waals surface area contributed by atoms with Crippen molar-refractivity contribution in [1.82, 2.24) is 4.98 Å². The number of aromatic nitrogens is 1. The molecule has 0 bridgehead atoms. The topological polar surface area (TPSA) is 30.0 Å². The molecule has 0 N–H and O–H groups in total. The normalized spacial score (nSPS) is 10.3. The molecule has 0 unspecified atom stereocenters. The molecule has 0 radical (unpaired) electrons. The molecular weight excluding hydrogens is 310 g/mol. The molecule has 0 amide bonds. The molecule has 0 atom stereocenters. The highest BCUT2D eigenvalue weighted by molar-refractivity contribution is 9.10. The number of hydrogen-bond acceptors (Lipinski definition) is 3. The first-order valence-electron chi connectivity index (χ1n) is 5.61. The van der Waals surface area contributed by atoms with Gasteiger partial charge in [-0.3, -0.25) is 9.78 Å². The first kappa shape index (κ1) is 13.3. The van der Waals surface area contributed by atoms with Gasteiger partial charge < -0.3 is 0 Å². The second-order valence-corrected chi connectivity index (χ2v) is 5.78. The zero-order valence-corrected chi connectivity index (χ0v) is 12.3. The van der Waals surface area contributed by atoms with Crippen LogP contribution >= 0.6 is 27.7 Å². The Labute approximate surface area is 119 Å². The second kappa shape index (κ2) is 6.16. The SMILES string of the molecule is CCC(=O)c1ccc(Sc2cccc(Br)c2)cn1. The van der Waals surface area contributed by atoms with Crippen LogP contribution in [0.25, 0.3) is 0 Å². The standard InChI is InChI=1S/C14H12BrNOS/c1-2-14(17)13-7-6-12(9-16-13)18-11-5-3-4-10(15)8-11/h3-9H,2H2,1H3. The van der Waals surface area contributed by atoms with Gasteiger partial charge in [0.05, 0.1) is 0 Å². The fourth-order valence-electron chi connectivity index (χ4n) is 1.45. The van der Waals surface area contributed by atoms with Crippen LogP contribution in [0.1, 0.15) is 23.8 Å². The Hall–Kier alpha value is -1.13. The van der Waals surface area contributed by atoms with Crippen LogP contribution in [0.5, 0.6) is 0 Å². The van der Waals surface area contributed by atoms with Crippen molar-refractivity contribution in [3.63, 3.8) is 0 Å². The number of hydrogen-bond donors (Lipinski definition) is 0. The van der Waals surface area contributed by atoms with Crippen LogP contribution in [0.2, 0.25) is 0 Å². The summed E-state index contributed by atoms with van der Waals surface area (Å²) in [5.41, 5.74) is 0.538. The van der Waals surface area contributed by atoms with Crippen LogP contribution in [0.4, 0.5) is 0 Å². The van der Waals surface area contributed by atoms with Gasteiger partial charge in [0.25, 0.3) is 0 Å². The van der Waals surface area contributed by atoms with E-state index in [1.165, 1.54) is 0 Å². The summed E-state index contributed by atoms with van der Waals surface area (Å²) in [6.07, 6.45) is 2.24. The van der Waals surface area contributed by atoms with Crippen molar-refractivity contribution in [2.24, 2.45) is 0 Å². The van der Waals surface area contributed by atoms with Crippen LogP contribution in [0, 0.1) is 0 Å². The molecule has 2 nitrogen and oxygen atoms in total. The average molecular weight is 322 g/mol. The van der Waals surface area contributed by atoms with E-state index in [2.05, 4.69) is 27.0 Å². The predicted molar refractivity (Wildman–Crippen MR) is 77.1 cm³/mol. The van der Waals surface area contributed by atoms with Gasteiger partial charge in [0.1, 0.15) is 5.69 Å². The van der Waals surface area contributed by atoms with E-state index >= 15 is 0 Å². The van der Waals surface area contributed by atoms with Crippen LogP contribution < -0.4 is 0 Å². The number of rotatable bonds is 4. The lowest BCUT2D eigenvalue weighted by Crippen LogP contribution is -1.99. The quantitative estimate of drug-likeness (QED) is 0.771. The molecule has 0 saturated heterocycles. The molecular formula is C14H12BrNOS. The highest BCUT2D eigenvalue weighted by atomic mass is 79.9. The maximum Gasteiger partial charge on any atom is 0.180 e. The summed E-state index contributed by atoms with van der Waals surface area (Å²) in [5.74, 6) is 0.0778. The molecule has 0 saturated carbocycles. The Kier molecular flexibility index (Phi) is 4.55. The predicted octanol–water partition coefficient (Wildman–Crippen LogP) is 4.59. The molecule has 1 heterocycles. The highest BCUT2D eigenvalue weighted by Crippen LogP contribution is 2.28. The molecule has 2 aromatic rings. The molecule has 0 fully saturated rings.